The average Bonchev–Trinajstić information content (AvgIpc) is 2.60. The van der Waals surface area contributed by atoms with Gasteiger partial charge in [0.05, 0.1) is 0 Å². The van der Waals surface area contributed by atoms with E-state index in [2.05, 4.69) is 10.6 Å². The molecule has 0 aromatic heterocycles. The normalized spacial score (nSPS) is 10.0. The number of Topliss-reactive ketones (excluding diaryl/α,β-unsaturated/α-hetero) is 1. The standard InChI is InChI=1S/C19H20N2O4/c1-3-20-19(24)15-7-4-8-16(10-15)21-18(23)12-25-17-9-5-6-14(11-17)13(2)22/h4-11H,3,12H2,1-2H3,(H,20,24)(H,21,23). The van der Waals surface area contributed by atoms with Gasteiger partial charge in [-0.05, 0) is 44.2 Å². The molecule has 2 N–H and O–H groups in total. The Morgan fingerprint density at radius 2 is 1.72 bits per heavy atom. The van der Waals surface area contributed by atoms with Crippen LogP contribution in [0.4, 0.5) is 5.69 Å². The van der Waals surface area contributed by atoms with Gasteiger partial charge in [-0.15, -0.1) is 0 Å². The second kappa shape index (κ2) is 8.63. The summed E-state index contributed by atoms with van der Waals surface area (Å²) in [5.74, 6) is -0.187. The SMILES string of the molecule is CCNC(=O)c1cccc(NC(=O)COc2cccc(C(C)=O)c2)c1. The summed E-state index contributed by atoms with van der Waals surface area (Å²) in [5.41, 5.74) is 1.50. The Kier molecular flexibility index (Phi) is 6.28. The van der Waals surface area contributed by atoms with Crippen LogP contribution in [0.1, 0.15) is 34.6 Å². The minimum absolute atomic E-state index is 0.0722. The molecular formula is C19H20N2O4. The third-order valence-corrected chi connectivity index (χ3v) is 3.36. The van der Waals surface area contributed by atoms with E-state index >= 15 is 0 Å². The summed E-state index contributed by atoms with van der Waals surface area (Å²) in [6.45, 7) is 3.63. The Morgan fingerprint density at radius 1 is 1.00 bits per heavy atom. The number of hydrogen-bond acceptors (Lipinski definition) is 4. The van der Waals surface area contributed by atoms with Gasteiger partial charge in [0.2, 0.25) is 0 Å². The average molecular weight is 340 g/mol. The van der Waals surface area contributed by atoms with Gasteiger partial charge in [0, 0.05) is 23.4 Å². The zero-order valence-corrected chi connectivity index (χ0v) is 14.2. The number of rotatable bonds is 7. The van der Waals surface area contributed by atoms with Crippen LogP contribution in [-0.4, -0.2) is 30.7 Å². The summed E-state index contributed by atoms with van der Waals surface area (Å²) in [7, 11) is 0. The molecular weight excluding hydrogens is 320 g/mol. The maximum atomic E-state index is 12.0. The number of ketones is 1. The van der Waals surface area contributed by atoms with E-state index in [0.29, 0.717) is 29.1 Å². The first-order valence-electron chi connectivity index (χ1n) is 7.91. The highest BCUT2D eigenvalue weighted by Crippen LogP contribution is 2.14. The van der Waals surface area contributed by atoms with Gasteiger partial charge in [-0.3, -0.25) is 14.4 Å². The lowest BCUT2D eigenvalue weighted by molar-refractivity contribution is -0.118. The van der Waals surface area contributed by atoms with Gasteiger partial charge in [0.1, 0.15) is 5.75 Å². The molecule has 0 saturated carbocycles. The lowest BCUT2D eigenvalue weighted by atomic mass is 10.1. The van der Waals surface area contributed by atoms with Crippen LogP contribution in [0.15, 0.2) is 48.5 Å². The van der Waals surface area contributed by atoms with Crippen LogP contribution < -0.4 is 15.4 Å². The Bertz CT molecular complexity index is 786. The van der Waals surface area contributed by atoms with Crippen LogP contribution in [-0.2, 0) is 4.79 Å². The molecule has 0 unspecified atom stereocenters. The van der Waals surface area contributed by atoms with Crippen molar-refractivity contribution in [3.63, 3.8) is 0 Å². The van der Waals surface area contributed by atoms with E-state index in [9.17, 15) is 14.4 Å². The topological polar surface area (TPSA) is 84.5 Å². The van der Waals surface area contributed by atoms with E-state index in [1.807, 2.05) is 6.92 Å². The smallest absolute Gasteiger partial charge is 0.262 e. The monoisotopic (exact) mass is 340 g/mol. The molecule has 2 amide bonds. The fraction of sp³-hybridized carbons (Fsp3) is 0.211. The van der Waals surface area contributed by atoms with Crippen molar-refractivity contribution in [3.05, 3.63) is 59.7 Å². The molecule has 2 aromatic rings. The zero-order chi connectivity index (χ0) is 18.2. The van der Waals surface area contributed by atoms with E-state index in [4.69, 9.17) is 4.74 Å². The Hall–Kier alpha value is -3.15. The third kappa shape index (κ3) is 5.46. The molecule has 2 aromatic carbocycles. The molecule has 130 valence electrons. The van der Waals surface area contributed by atoms with Crippen LogP contribution in [0, 0.1) is 0 Å². The van der Waals surface area contributed by atoms with Crippen molar-refractivity contribution in [1.82, 2.24) is 5.32 Å². The summed E-state index contributed by atoms with van der Waals surface area (Å²) in [6.07, 6.45) is 0. The fourth-order valence-corrected chi connectivity index (χ4v) is 2.15. The summed E-state index contributed by atoms with van der Waals surface area (Å²) in [6, 6.07) is 13.3. The maximum Gasteiger partial charge on any atom is 0.262 e. The minimum atomic E-state index is -0.360. The van der Waals surface area contributed by atoms with Crippen molar-refractivity contribution >= 4 is 23.3 Å². The molecule has 0 atom stereocenters. The predicted molar refractivity (Wildman–Crippen MR) is 95.0 cm³/mol. The molecule has 0 fully saturated rings. The minimum Gasteiger partial charge on any atom is -0.484 e. The summed E-state index contributed by atoms with van der Waals surface area (Å²) in [5, 5.41) is 5.38. The predicted octanol–water partition coefficient (Wildman–Crippen LogP) is 2.66. The van der Waals surface area contributed by atoms with Crippen molar-refractivity contribution in [2.24, 2.45) is 0 Å². The summed E-state index contributed by atoms with van der Waals surface area (Å²) < 4.78 is 5.40. The van der Waals surface area contributed by atoms with Gasteiger partial charge in [-0.1, -0.05) is 18.2 Å². The van der Waals surface area contributed by atoms with E-state index in [0.717, 1.165) is 0 Å². The fourth-order valence-electron chi connectivity index (χ4n) is 2.15. The molecule has 6 nitrogen and oxygen atoms in total. The van der Waals surface area contributed by atoms with Crippen molar-refractivity contribution in [3.8, 4) is 5.75 Å². The summed E-state index contributed by atoms with van der Waals surface area (Å²) in [4.78, 5) is 35.2. The lowest BCUT2D eigenvalue weighted by Gasteiger charge is -2.09. The van der Waals surface area contributed by atoms with E-state index in [1.165, 1.54) is 6.92 Å². The van der Waals surface area contributed by atoms with E-state index in [-0.39, 0.29) is 24.2 Å². The first kappa shape index (κ1) is 18.2. The largest absolute Gasteiger partial charge is 0.484 e. The molecule has 0 saturated heterocycles. The Labute approximate surface area is 146 Å². The van der Waals surface area contributed by atoms with Gasteiger partial charge >= 0.3 is 0 Å². The van der Waals surface area contributed by atoms with Crippen LogP contribution in [0.2, 0.25) is 0 Å². The number of anilines is 1. The van der Waals surface area contributed by atoms with Gasteiger partial charge in [0.15, 0.2) is 12.4 Å². The highest BCUT2D eigenvalue weighted by Gasteiger charge is 2.08. The van der Waals surface area contributed by atoms with Crippen molar-refractivity contribution in [2.75, 3.05) is 18.5 Å². The maximum absolute atomic E-state index is 12.0. The second-order valence-corrected chi connectivity index (χ2v) is 5.36. The van der Waals surface area contributed by atoms with Gasteiger partial charge in [-0.2, -0.15) is 0 Å². The Morgan fingerprint density at radius 3 is 2.44 bits per heavy atom. The van der Waals surface area contributed by atoms with Crippen LogP contribution in [0.25, 0.3) is 0 Å². The first-order chi connectivity index (χ1) is 12.0. The van der Waals surface area contributed by atoms with Crippen LogP contribution >= 0.6 is 0 Å². The molecule has 0 aliphatic rings. The molecule has 0 aliphatic heterocycles. The highest BCUT2D eigenvalue weighted by molar-refractivity contribution is 5.97. The molecule has 25 heavy (non-hydrogen) atoms. The van der Waals surface area contributed by atoms with Crippen molar-refractivity contribution < 1.29 is 19.1 Å². The number of nitrogens with one attached hydrogen (secondary N) is 2. The molecule has 2 rings (SSSR count). The molecule has 0 radical (unpaired) electrons. The second-order valence-electron chi connectivity index (χ2n) is 5.36. The molecule has 0 bridgehead atoms. The molecule has 0 aliphatic carbocycles. The summed E-state index contributed by atoms with van der Waals surface area (Å²) >= 11 is 0. The third-order valence-electron chi connectivity index (χ3n) is 3.36. The Balaban J connectivity index is 1.94. The number of benzene rings is 2. The van der Waals surface area contributed by atoms with Gasteiger partial charge < -0.3 is 15.4 Å². The van der Waals surface area contributed by atoms with Gasteiger partial charge in [-0.25, -0.2) is 0 Å². The first-order valence-corrected chi connectivity index (χ1v) is 7.91. The van der Waals surface area contributed by atoms with Gasteiger partial charge in [0.25, 0.3) is 11.8 Å². The molecule has 6 heteroatoms. The number of hydrogen-bond donors (Lipinski definition) is 2. The van der Waals surface area contributed by atoms with Crippen LogP contribution in [0.3, 0.4) is 0 Å². The van der Waals surface area contributed by atoms with E-state index < -0.39 is 0 Å². The number of ether oxygens (including phenoxy) is 1. The molecule has 0 heterocycles. The number of carbonyl (C=O) groups excluding carboxylic acids is 3. The quantitative estimate of drug-likeness (QED) is 0.759. The molecule has 0 spiro atoms. The zero-order valence-electron chi connectivity index (χ0n) is 14.2. The number of amides is 2. The number of carbonyl (C=O) groups is 3. The van der Waals surface area contributed by atoms with Crippen molar-refractivity contribution in [2.45, 2.75) is 13.8 Å². The van der Waals surface area contributed by atoms with Crippen LogP contribution in [0.5, 0.6) is 5.75 Å². The highest BCUT2D eigenvalue weighted by atomic mass is 16.5. The van der Waals surface area contributed by atoms with Crippen molar-refractivity contribution in [1.29, 1.82) is 0 Å². The van der Waals surface area contributed by atoms with E-state index in [1.54, 1.807) is 48.5 Å². The lowest BCUT2D eigenvalue weighted by Crippen LogP contribution is -2.23.